The fourth-order valence-electron chi connectivity index (χ4n) is 4.35. The number of thiophene rings is 1. The lowest BCUT2D eigenvalue weighted by molar-refractivity contribution is 0.0331. The zero-order valence-corrected chi connectivity index (χ0v) is 18.5. The third kappa shape index (κ3) is 3.93. The number of nitrogens with one attached hydrogen (secondary N) is 1. The average Bonchev–Trinajstić information content (AvgIpc) is 3.37. The molecular weight excluding hydrogens is 398 g/mol. The van der Waals surface area contributed by atoms with Gasteiger partial charge in [0.15, 0.2) is 5.82 Å². The number of nitrogens with zero attached hydrogens (tertiary/aromatic N) is 6. The van der Waals surface area contributed by atoms with E-state index >= 15 is 0 Å². The molecule has 1 fully saturated rings. The standard InChI is InChI=1S/C21H29N7OS/c1-14(2)28-13-23-26-18(28)11-22-20-19-15-5-3-4-6-16(15)30-21(19)25-17(24-20)12-27-7-9-29-10-8-27/h13-14H,3-12H2,1-2H3,(H,22,24,25). The van der Waals surface area contributed by atoms with Gasteiger partial charge in [-0.15, -0.1) is 21.5 Å². The first kappa shape index (κ1) is 19.8. The minimum atomic E-state index is 0.327. The van der Waals surface area contributed by atoms with Crippen LogP contribution in [0.4, 0.5) is 5.82 Å². The van der Waals surface area contributed by atoms with E-state index in [0.717, 1.165) is 68.0 Å². The molecule has 0 bridgehead atoms. The van der Waals surface area contributed by atoms with E-state index in [1.165, 1.54) is 28.7 Å². The number of ether oxygens (including phenoxy) is 1. The van der Waals surface area contributed by atoms with Gasteiger partial charge in [0.05, 0.1) is 31.7 Å². The van der Waals surface area contributed by atoms with Gasteiger partial charge in [0.2, 0.25) is 0 Å². The SMILES string of the molecule is CC(C)n1cnnc1CNc1nc(CN2CCOCC2)nc2sc3c(c12)CCCC3. The van der Waals surface area contributed by atoms with E-state index in [1.54, 1.807) is 6.33 Å². The van der Waals surface area contributed by atoms with Gasteiger partial charge < -0.3 is 14.6 Å². The van der Waals surface area contributed by atoms with Gasteiger partial charge in [-0.25, -0.2) is 9.97 Å². The molecule has 30 heavy (non-hydrogen) atoms. The fourth-order valence-corrected chi connectivity index (χ4v) is 5.63. The van der Waals surface area contributed by atoms with Gasteiger partial charge in [-0.3, -0.25) is 4.90 Å². The molecule has 1 aliphatic heterocycles. The van der Waals surface area contributed by atoms with E-state index in [0.29, 0.717) is 12.6 Å². The molecule has 2 aliphatic rings. The van der Waals surface area contributed by atoms with Gasteiger partial charge in [-0.2, -0.15) is 0 Å². The van der Waals surface area contributed by atoms with Gasteiger partial charge in [0.1, 0.15) is 22.8 Å². The monoisotopic (exact) mass is 427 g/mol. The number of anilines is 1. The van der Waals surface area contributed by atoms with Crippen LogP contribution in [-0.2, 0) is 30.7 Å². The van der Waals surface area contributed by atoms with E-state index < -0.39 is 0 Å². The quantitative estimate of drug-likeness (QED) is 0.647. The molecule has 0 unspecified atom stereocenters. The van der Waals surface area contributed by atoms with Crippen LogP contribution in [-0.4, -0.2) is 55.9 Å². The predicted molar refractivity (Wildman–Crippen MR) is 118 cm³/mol. The molecule has 0 saturated carbocycles. The minimum Gasteiger partial charge on any atom is -0.379 e. The lowest BCUT2D eigenvalue weighted by atomic mass is 9.97. The molecule has 0 spiro atoms. The van der Waals surface area contributed by atoms with Crippen LogP contribution in [0.5, 0.6) is 0 Å². The molecule has 160 valence electrons. The first-order valence-electron chi connectivity index (χ1n) is 10.9. The maximum Gasteiger partial charge on any atom is 0.152 e. The topological polar surface area (TPSA) is 81.0 Å². The summed E-state index contributed by atoms with van der Waals surface area (Å²) in [5.74, 6) is 2.76. The minimum absolute atomic E-state index is 0.327. The van der Waals surface area contributed by atoms with E-state index in [4.69, 9.17) is 14.7 Å². The van der Waals surface area contributed by atoms with Crippen LogP contribution in [0.3, 0.4) is 0 Å². The van der Waals surface area contributed by atoms with Crippen molar-refractivity contribution in [3.8, 4) is 0 Å². The third-order valence-corrected chi connectivity index (χ3v) is 7.13. The lowest BCUT2D eigenvalue weighted by Gasteiger charge is -2.25. The molecule has 1 saturated heterocycles. The Morgan fingerprint density at radius 3 is 2.83 bits per heavy atom. The van der Waals surface area contributed by atoms with Gasteiger partial charge in [-0.1, -0.05) is 0 Å². The molecule has 4 heterocycles. The normalized spacial score (nSPS) is 17.6. The number of hydrogen-bond acceptors (Lipinski definition) is 8. The van der Waals surface area contributed by atoms with Gasteiger partial charge >= 0.3 is 0 Å². The Morgan fingerprint density at radius 1 is 1.17 bits per heavy atom. The smallest absolute Gasteiger partial charge is 0.152 e. The van der Waals surface area contributed by atoms with Crippen molar-refractivity contribution in [2.75, 3.05) is 31.6 Å². The average molecular weight is 428 g/mol. The molecule has 0 atom stereocenters. The van der Waals surface area contributed by atoms with Crippen LogP contribution >= 0.6 is 11.3 Å². The molecule has 3 aromatic rings. The molecule has 3 aromatic heterocycles. The Morgan fingerprint density at radius 2 is 2.00 bits per heavy atom. The summed E-state index contributed by atoms with van der Waals surface area (Å²) in [7, 11) is 0. The second-order valence-electron chi connectivity index (χ2n) is 8.37. The molecule has 0 radical (unpaired) electrons. The van der Waals surface area contributed by atoms with Crippen molar-refractivity contribution in [1.82, 2.24) is 29.6 Å². The summed E-state index contributed by atoms with van der Waals surface area (Å²) >= 11 is 1.85. The second-order valence-corrected chi connectivity index (χ2v) is 9.45. The van der Waals surface area contributed by atoms with Crippen molar-refractivity contribution in [2.24, 2.45) is 0 Å². The lowest BCUT2D eigenvalue weighted by Crippen LogP contribution is -2.36. The van der Waals surface area contributed by atoms with E-state index in [9.17, 15) is 0 Å². The Balaban J connectivity index is 1.48. The first-order valence-corrected chi connectivity index (χ1v) is 11.7. The van der Waals surface area contributed by atoms with Crippen molar-refractivity contribution in [1.29, 1.82) is 0 Å². The van der Waals surface area contributed by atoms with Crippen LogP contribution in [0.1, 0.15) is 54.8 Å². The maximum atomic E-state index is 5.49. The Bertz CT molecular complexity index is 1020. The summed E-state index contributed by atoms with van der Waals surface area (Å²) < 4.78 is 7.59. The van der Waals surface area contributed by atoms with Crippen molar-refractivity contribution < 1.29 is 4.74 Å². The largest absolute Gasteiger partial charge is 0.379 e. The highest BCUT2D eigenvalue weighted by atomic mass is 32.1. The van der Waals surface area contributed by atoms with E-state index in [-0.39, 0.29) is 0 Å². The predicted octanol–water partition coefficient (Wildman–Crippen LogP) is 3.19. The van der Waals surface area contributed by atoms with Crippen molar-refractivity contribution in [3.63, 3.8) is 0 Å². The van der Waals surface area contributed by atoms with Crippen molar-refractivity contribution in [2.45, 2.75) is 58.7 Å². The summed E-state index contributed by atoms with van der Waals surface area (Å²) in [6.07, 6.45) is 6.60. The summed E-state index contributed by atoms with van der Waals surface area (Å²) in [5.41, 5.74) is 1.45. The summed E-state index contributed by atoms with van der Waals surface area (Å²) in [5, 5.41) is 13.2. The van der Waals surface area contributed by atoms with Gasteiger partial charge in [-0.05, 0) is 45.1 Å². The first-order chi connectivity index (χ1) is 14.7. The van der Waals surface area contributed by atoms with Crippen LogP contribution in [0.25, 0.3) is 10.2 Å². The number of aryl methyl sites for hydroxylation is 2. The van der Waals surface area contributed by atoms with Crippen LogP contribution < -0.4 is 5.32 Å². The highest BCUT2D eigenvalue weighted by molar-refractivity contribution is 7.19. The number of fused-ring (bicyclic) bond motifs is 3. The molecule has 1 N–H and O–H groups in total. The zero-order chi connectivity index (χ0) is 20.5. The zero-order valence-electron chi connectivity index (χ0n) is 17.7. The molecule has 8 nitrogen and oxygen atoms in total. The van der Waals surface area contributed by atoms with Crippen molar-refractivity contribution >= 4 is 27.4 Å². The number of morpholine rings is 1. The number of hydrogen-bond donors (Lipinski definition) is 1. The summed E-state index contributed by atoms with van der Waals surface area (Å²) in [6.45, 7) is 9.09. The molecule has 1 aliphatic carbocycles. The number of aromatic nitrogens is 5. The maximum absolute atomic E-state index is 5.49. The van der Waals surface area contributed by atoms with Crippen LogP contribution in [0, 0.1) is 0 Å². The molecular formula is C21H29N7OS. The van der Waals surface area contributed by atoms with Crippen LogP contribution in [0.15, 0.2) is 6.33 Å². The summed E-state index contributed by atoms with van der Waals surface area (Å²) in [6, 6.07) is 0.327. The Kier molecular flexibility index (Phi) is 5.66. The summed E-state index contributed by atoms with van der Waals surface area (Å²) in [4.78, 5) is 15.0. The molecule has 0 amide bonds. The van der Waals surface area contributed by atoms with Crippen LogP contribution in [0.2, 0.25) is 0 Å². The second kappa shape index (κ2) is 8.56. The Labute approximate surface area is 180 Å². The van der Waals surface area contributed by atoms with E-state index in [2.05, 4.69) is 38.8 Å². The van der Waals surface area contributed by atoms with E-state index in [1.807, 2.05) is 11.3 Å². The molecule has 5 rings (SSSR count). The highest BCUT2D eigenvalue weighted by Crippen LogP contribution is 2.38. The highest BCUT2D eigenvalue weighted by Gasteiger charge is 2.22. The molecule has 0 aromatic carbocycles. The van der Waals surface area contributed by atoms with Crippen molar-refractivity contribution in [3.05, 3.63) is 28.4 Å². The number of rotatable bonds is 6. The van der Waals surface area contributed by atoms with Gasteiger partial charge in [0, 0.05) is 24.0 Å². The third-order valence-electron chi connectivity index (χ3n) is 5.95. The fraction of sp³-hybridized carbons (Fsp3) is 0.619. The van der Waals surface area contributed by atoms with Gasteiger partial charge in [0.25, 0.3) is 0 Å². The Hall–Kier alpha value is -2.10. The molecule has 9 heteroatoms.